The Labute approximate surface area is 326 Å². The van der Waals surface area contributed by atoms with Gasteiger partial charge in [-0.1, -0.05) is 19.3 Å². The van der Waals surface area contributed by atoms with E-state index in [1.165, 1.54) is 38.5 Å². The van der Waals surface area contributed by atoms with Gasteiger partial charge in [0.05, 0.1) is 64.1 Å². The number of ether oxygens (including phenoxy) is 7. The smallest absolute Gasteiger partial charge is 0.400 e. The van der Waals surface area contributed by atoms with Gasteiger partial charge in [0, 0.05) is 68.5 Å². The fourth-order valence-electron chi connectivity index (χ4n) is 7.23. The number of rotatable bonds is 29. The number of unbranched alkanes of at least 4 members (excludes halogenated alkanes) is 2. The van der Waals surface area contributed by atoms with Crippen LogP contribution in [0.15, 0.2) is 0 Å². The average molecular weight is 803 g/mol. The SMILES string of the molecule is CO.CO.CO.CO[Si](CCCOCC(CO)OC1CC(CCCC2CCC3OC3C2)CCC1OCC(O)COCCCCCOCC1CO1)(OC)OC. The molecule has 0 bridgehead atoms. The second kappa shape index (κ2) is 32.6. The summed E-state index contributed by atoms with van der Waals surface area (Å²) in [6.45, 7) is 3.97. The van der Waals surface area contributed by atoms with Gasteiger partial charge in [-0.2, -0.15) is 0 Å². The second-order valence-electron chi connectivity index (χ2n) is 14.1. The van der Waals surface area contributed by atoms with Crippen LogP contribution >= 0.6 is 0 Å². The highest BCUT2D eigenvalue weighted by molar-refractivity contribution is 6.60. The maximum atomic E-state index is 10.6. The van der Waals surface area contributed by atoms with E-state index in [1.807, 2.05) is 0 Å². The number of hydrogen-bond acceptors (Lipinski definition) is 15. The Balaban J connectivity index is 0.00000231. The van der Waals surface area contributed by atoms with Crippen molar-refractivity contribution in [2.75, 3.05) is 102 Å². The minimum atomic E-state index is -2.64. The summed E-state index contributed by atoms with van der Waals surface area (Å²) >= 11 is 0. The van der Waals surface area contributed by atoms with Crippen LogP contribution in [0.3, 0.4) is 0 Å². The molecule has 9 atom stereocenters. The van der Waals surface area contributed by atoms with E-state index in [0.717, 1.165) is 85.4 Å². The Morgan fingerprint density at radius 2 is 1.28 bits per heavy atom. The molecular weight excluding hydrogens is 724 g/mol. The lowest BCUT2D eigenvalue weighted by molar-refractivity contribution is -0.160. The Hall–Kier alpha value is -0.383. The van der Waals surface area contributed by atoms with Crippen LogP contribution in [-0.4, -0.2) is 179 Å². The third-order valence-corrected chi connectivity index (χ3v) is 13.2. The lowest BCUT2D eigenvalue weighted by Crippen LogP contribution is -2.43. The molecule has 16 heteroatoms. The van der Waals surface area contributed by atoms with E-state index in [-0.39, 0.29) is 38.6 Å². The van der Waals surface area contributed by atoms with E-state index in [2.05, 4.69) is 0 Å². The molecule has 9 unspecified atom stereocenters. The van der Waals surface area contributed by atoms with Crippen molar-refractivity contribution in [1.82, 2.24) is 0 Å². The van der Waals surface area contributed by atoms with Crippen molar-refractivity contribution in [3.8, 4) is 0 Å². The van der Waals surface area contributed by atoms with Gasteiger partial charge in [0.2, 0.25) is 0 Å². The topological polar surface area (TPSA) is 200 Å². The fourth-order valence-corrected chi connectivity index (χ4v) is 8.92. The van der Waals surface area contributed by atoms with Gasteiger partial charge >= 0.3 is 8.80 Å². The van der Waals surface area contributed by atoms with Gasteiger partial charge in [-0.25, -0.2) is 0 Å². The predicted molar refractivity (Wildman–Crippen MR) is 205 cm³/mol. The molecule has 4 rings (SSSR count). The molecule has 0 aromatic rings. The van der Waals surface area contributed by atoms with E-state index in [1.54, 1.807) is 21.3 Å². The first-order valence-corrected chi connectivity index (χ1v) is 22.0. The molecule has 0 amide bonds. The Morgan fingerprint density at radius 3 is 1.91 bits per heavy atom. The maximum Gasteiger partial charge on any atom is 0.500 e. The molecular formula is C38H78O15Si. The summed E-state index contributed by atoms with van der Waals surface area (Å²) in [6.07, 6.45) is 13.9. The molecule has 4 fully saturated rings. The predicted octanol–water partition coefficient (Wildman–Crippen LogP) is 2.73. The zero-order chi connectivity index (χ0) is 40.0. The van der Waals surface area contributed by atoms with E-state index < -0.39 is 21.0 Å². The van der Waals surface area contributed by atoms with Gasteiger partial charge in [-0.15, -0.1) is 0 Å². The maximum absolute atomic E-state index is 10.6. The van der Waals surface area contributed by atoms with Crippen LogP contribution in [0, 0.1) is 11.8 Å². The summed E-state index contributed by atoms with van der Waals surface area (Å²) in [6, 6.07) is 0.647. The molecule has 0 aromatic heterocycles. The van der Waals surface area contributed by atoms with Crippen LogP contribution in [0.1, 0.15) is 83.5 Å². The highest BCUT2D eigenvalue weighted by Gasteiger charge is 2.43. The van der Waals surface area contributed by atoms with Crippen molar-refractivity contribution >= 4 is 8.80 Å². The van der Waals surface area contributed by atoms with E-state index in [0.29, 0.717) is 50.1 Å². The molecule has 2 saturated heterocycles. The Morgan fingerprint density at radius 1 is 0.667 bits per heavy atom. The monoisotopic (exact) mass is 803 g/mol. The highest BCUT2D eigenvalue weighted by Crippen LogP contribution is 2.42. The van der Waals surface area contributed by atoms with Crippen molar-refractivity contribution in [1.29, 1.82) is 0 Å². The fraction of sp³-hybridized carbons (Fsp3) is 1.00. The molecule has 0 radical (unpaired) electrons. The minimum Gasteiger partial charge on any atom is -0.400 e. The van der Waals surface area contributed by atoms with Crippen LogP contribution in [0.5, 0.6) is 0 Å². The van der Waals surface area contributed by atoms with Crippen LogP contribution in [0.25, 0.3) is 0 Å². The lowest BCUT2D eigenvalue weighted by Gasteiger charge is -2.38. The normalized spacial score (nSPS) is 26.8. The first-order valence-electron chi connectivity index (χ1n) is 20.0. The van der Waals surface area contributed by atoms with Crippen molar-refractivity contribution < 1.29 is 72.0 Å². The van der Waals surface area contributed by atoms with E-state index >= 15 is 0 Å². The molecule has 0 spiro atoms. The van der Waals surface area contributed by atoms with Gasteiger partial charge in [0.25, 0.3) is 0 Å². The summed E-state index contributed by atoms with van der Waals surface area (Å²) in [5.74, 6) is 1.35. The number of aliphatic hydroxyl groups excluding tert-OH is 5. The summed E-state index contributed by atoms with van der Waals surface area (Å²) in [7, 11) is 5.19. The summed E-state index contributed by atoms with van der Waals surface area (Å²) < 4.78 is 57.4. The van der Waals surface area contributed by atoms with Gasteiger partial charge in [0.15, 0.2) is 0 Å². The largest absolute Gasteiger partial charge is 0.500 e. The molecule has 324 valence electrons. The van der Waals surface area contributed by atoms with Gasteiger partial charge in [0.1, 0.15) is 18.3 Å². The zero-order valence-electron chi connectivity index (χ0n) is 34.3. The van der Waals surface area contributed by atoms with Gasteiger partial charge < -0.3 is 72.0 Å². The van der Waals surface area contributed by atoms with Crippen LogP contribution in [0.4, 0.5) is 0 Å². The Bertz CT molecular complexity index is 832. The van der Waals surface area contributed by atoms with Gasteiger partial charge in [-0.05, 0) is 76.0 Å². The molecule has 2 aliphatic carbocycles. The van der Waals surface area contributed by atoms with E-state index in [9.17, 15) is 10.2 Å². The minimum absolute atomic E-state index is 0.135. The highest BCUT2D eigenvalue weighted by atomic mass is 28.4. The third-order valence-electron chi connectivity index (χ3n) is 10.4. The molecule has 15 nitrogen and oxygen atoms in total. The number of hydrogen-bond donors (Lipinski definition) is 5. The first-order chi connectivity index (χ1) is 26.5. The molecule has 5 N–H and O–H groups in total. The molecule has 2 aliphatic heterocycles. The van der Waals surface area contributed by atoms with Crippen molar-refractivity contribution in [2.45, 2.75) is 132 Å². The molecule has 54 heavy (non-hydrogen) atoms. The van der Waals surface area contributed by atoms with Crippen molar-refractivity contribution in [2.24, 2.45) is 11.8 Å². The number of aliphatic hydroxyl groups is 5. The summed E-state index contributed by atoms with van der Waals surface area (Å²) in [5, 5.41) is 41.8. The van der Waals surface area contributed by atoms with Gasteiger partial charge in [-0.3, -0.25) is 0 Å². The molecule has 2 saturated carbocycles. The molecule has 0 aromatic carbocycles. The zero-order valence-corrected chi connectivity index (χ0v) is 35.3. The van der Waals surface area contributed by atoms with Crippen molar-refractivity contribution in [3.05, 3.63) is 0 Å². The summed E-state index contributed by atoms with van der Waals surface area (Å²) in [5.41, 5.74) is 0. The first kappa shape index (κ1) is 51.6. The quantitative estimate of drug-likeness (QED) is 0.0420. The van der Waals surface area contributed by atoms with Crippen LogP contribution in [0.2, 0.25) is 6.04 Å². The van der Waals surface area contributed by atoms with E-state index in [4.69, 9.17) is 61.8 Å². The number of fused-ring (bicyclic) bond motifs is 1. The van der Waals surface area contributed by atoms with Crippen LogP contribution in [-0.2, 0) is 46.4 Å². The Kier molecular flexibility index (Phi) is 31.1. The standard InChI is InChI=1S/C35H66O12Si.3CH4O/c1-38-48(39-2,40-3)18-8-17-43-24-30(21-36)46-34-19-27(9-7-10-28-12-14-33-35(20-28)47-33)11-13-32(34)45-23-29(37)22-41-15-5-4-6-16-42-25-31-26-44-31;3*1-2/h27-37H,4-26H2,1-3H3;3*2H,1H3. The lowest BCUT2D eigenvalue weighted by atomic mass is 9.80. The summed E-state index contributed by atoms with van der Waals surface area (Å²) in [4.78, 5) is 0. The molecule has 2 heterocycles. The average Bonchev–Trinajstić information content (AvgIpc) is 4.17. The van der Waals surface area contributed by atoms with Crippen LogP contribution < -0.4 is 0 Å². The number of epoxide rings is 2. The third kappa shape index (κ3) is 22.0. The van der Waals surface area contributed by atoms with Crippen molar-refractivity contribution in [3.63, 3.8) is 0 Å². The molecule has 4 aliphatic rings. The second-order valence-corrected chi connectivity index (χ2v) is 17.2.